The normalized spacial score (nSPS) is 30.7. The number of pyridine rings is 1. The number of halogens is 2. The highest BCUT2D eigenvalue weighted by Crippen LogP contribution is 2.51. The Balaban J connectivity index is 1.24. The van der Waals surface area contributed by atoms with Crippen molar-refractivity contribution in [2.24, 2.45) is 5.41 Å². The highest BCUT2D eigenvalue weighted by Gasteiger charge is 2.53. The molecule has 4 fully saturated rings. The van der Waals surface area contributed by atoms with Gasteiger partial charge in [-0.2, -0.15) is 9.97 Å². The molecule has 5 atom stereocenters. The summed E-state index contributed by atoms with van der Waals surface area (Å²) in [6.45, 7) is 7.89. The molecule has 0 amide bonds. The SMILES string of the molecule is [B]C1(N2CCCC3(COc4nc(N5CCOCC(C)(O)C5)c5c(OC)nc(-c6cc(O)cc7cccc(F)c67)c(F)c5n4)CCCC23)CC(C)OC(C)C1. The maximum Gasteiger partial charge on any atom is 0.319 e. The molecule has 8 rings (SSSR count). The van der Waals surface area contributed by atoms with Gasteiger partial charge >= 0.3 is 6.01 Å². The first kappa shape index (κ1) is 37.1. The summed E-state index contributed by atoms with van der Waals surface area (Å²) < 4.78 is 56.8. The minimum absolute atomic E-state index is 0.00822. The molecule has 2 N–H and O–H groups in total. The van der Waals surface area contributed by atoms with Crippen LogP contribution in [-0.4, -0.2) is 114 Å². The summed E-state index contributed by atoms with van der Waals surface area (Å²) in [4.78, 5) is 18.4. The molecule has 54 heavy (non-hydrogen) atoms. The molecule has 1 saturated carbocycles. The standard InChI is InChI=1S/C40H48BF2N5O6/c1-23-18-40(41,19-24(2)54-23)48-13-7-12-39(11-6-10-29(39)48)22-53-37-45-34-31(35(46-37)47-14-15-52-21-38(3,50)20-47)36(51-4)44-33(32(34)43)27-17-26(49)16-25-8-5-9-28(42)30(25)27/h5,8-9,16-17,23-24,29,49-50H,6-7,10-15,18-22H2,1-4H3. The number of fused-ring (bicyclic) bond motifs is 3. The van der Waals surface area contributed by atoms with Crippen molar-refractivity contribution >= 4 is 35.3 Å². The van der Waals surface area contributed by atoms with E-state index in [1.54, 1.807) is 17.9 Å². The number of nitrogens with zero attached hydrogens (tertiary/aromatic N) is 5. The van der Waals surface area contributed by atoms with Gasteiger partial charge in [-0.1, -0.05) is 18.6 Å². The molecule has 0 bridgehead atoms. The number of hydrogen-bond acceptors (Lipinski definition) is 11. The Morgan fingerprint density at radius 3 is 2.59 bits per heavy atom. The summed E-state index contributed by atoms with van der Waals surface area (Å²) in [7, 11) is 8.64. The lowest BCUT2D eigenvalue weighted by molar-refractivity contribution is -0.112. The quantitative estimate of drug-likeness (QED) is 0.221. The molecule has 14 heteroatoms. The Bertz CT molecular complexity index is 2060. The molecule has 5 unspecified atom stereocenters. The zero-order chi connectivity index (χ0) is 38.0. The van der Waals surface area contributed by atoms with Crippen LogP contribution in [0.25, 0.3) is 32.9 Å². The molecule has 3 aliphatic heterocycles. The first-order valence-corrected chi connectivity index (χ1v) is 19.1. The van der Waals surface area contributed by atoms with Crippen LogP contribution in [0.3, 0.4) is 0 Å². The van der Waals surface area contributed by atoms with Crippen molar-refractivity contribution in [1.29, 1.82) is 0 Å². The smallest absolute Gasteiger partial charge is 0.319 e. The highest BCUT2D eigenvalue weighted by atomic mass is 19.1. The third-order valence-corrected chi connectivity index (χ3v) is 11.9. The van der Waals surface area contributed by atoms with E-state index in [0.717, 1.165) is 51.5 Å². The summed E-state index contributed by atoms with van der Waals surface area (Å²) in [5.74, 6) is -1.39. The third-order valence-electron chi connectivity index (χ3n) is 11.9. The molecule has 0 spiro atoms. The van der Waals surface area contributed by atoms with E-state index in [0.29, 0.717) is 18.5 Å². The van der Waals surface area contributed by atoms with E-state index < -0.39 is 22.7 Å². The summed E-state index contributed by atoms with van der Waals surface area (Å²) >= 11 is 0. The second-order valence-corrected chi connectivity index (χ2v) is 16.3. The van der Waals surface area contributed by atoms with Crippen LogP contribution < -0.4 is 14.4 Å². The summed E-state index contributed by atoms with van der Waals surface area (Å²) in [5.41, 5.74) is -2.31. The van der Waals surface area contributed by atoms with Gasteiger partial charge in [0.1, 0.15) is 39.6 Å². The number of ether oxygens (including phenoxy) is 4. The molecular weight excluding hydrogens is 695 g/mol. The number of rotatable bonds is 7. The number of piperidine rings is 1. The fourth-order valence-electron chi connectivity index (χ4n) is 9.90. The van der Waals surface area contributed by atoms with Crippen molar-refractivity contribution in [3.8, 4) is 28.9 Å². The van der Waals surface area contributed by atoms with E-state index in [2.05, 4.69) is 28.7 Å². The predicted octanol–water partition coefficient (Wildman–Crippen LogP) is 5.89. The number of anilines is 1. The van der Waals surface area contributed by atoms with E-state index in [-0.39, 0.29) is 94.4 Å². The Morgan fingerprint density at radius 1 is 1.04 bits per heavy atom. The largest absolute Gasteiger partial charge is 0.508 e. The molecular formula is C40H48BF2N5O6. The molecule has 2 radical (unpaired) electrons. The average Bonchev–Trinajstić information content (AvgIpc) is 3.46. The molecule has 4 aliphatic rings. The second kappa shape index (κ2) is 14.0. The molecule has 286 valence electrons. The van der Waals surface area contributed by atoms with Crippen molar-refractivity contribution in [3.63, 3.8) is 0 Å². The molecule has 5 heterocycles. The van der Waals surface area contributed by atoms with Crippen LogP contribution in [-0.2, 0) is 9.47 Å². The monoisotopic (exact) mass is 743 g/mol. The summed E-state index contributed by atoms with van der Waals surface area (Å²) in [5, 5.41) is 22.4. The third kappa shape index (κ3) is 6.62. The van der Waals surface area contributed by atoms with E-state index in [1.807, 2.05) is 0 Å². The van der Waals surface area contributed by atoms with Crippen LogP contribution in [0, 0.1) is 17.0 Å². The van der Waals surface area contributed by atoms with Crippen LogP contribution in [0.1, 0.15) is 65.7 Å². The van der Waals surface area contributed by atoms with Crippen LogP contribution in [0.15, 0.2) is 30.3 Å². The van der Waals surface area contributed by atoms with Gasteiger partial charge in [0.15, 0.2) is 5.82 Å². The van der Waals surface area contributed by atoms with Gasteiger partial charge in [-0.25, -0.2) is 13.8 Å². The van der Waals surface area contributed by atoms with Crippen LogP contribution in [0.2, 0.25) is 0 Å². The van der Waals surface area contributed by atoms with Gasteiger partial charge in [-0.3, -0.25) is 0 Å². The van der Waals surface area contributed by atoms with Crippen molar-refractivity contribution < 1.29 is 37.9 Å². The fourth-order valence-corrected chi connectivity index (χ4v) is 9.90. The zero-order valence-corrected chi connectivity index (χ0v) is 31.4. The van der Waals surface area contributed by atoms with Gasteiger partial charge in [0.25, 0.3) is 0 Å². The fraction of sp³-hybridized carbons (Fsp3) is 0.575. The topological polar surface area (TPSA) is 123 Å². The van der Waals surface area contributed by atoms with Crippen LogP contribution in [0.5, 0.6) is 17.6 Å². The minimum Gasteiger partial charge on any atom is -0.508 e. The maximum absolute atomic E-state index is 17.2. The summed E-state index contributed by atoms with van der Waals surface area (Å²) in [6, 6.07) is 7.27. The molecule has 1 aliphatic carbocycles. The summed E-state index contributed by atoms with van der Waals surface area (Å²) in [6.07, 6.45) is 6.51. The van der Waals surface area contributed by atoms with Crippen LogP contribution in [0.4, 0.5) is 14.6 Å². The Hall–Kier alpha value is -3.85. The Labute approximate surface area is 315 Å². The molecule has 4 aromatic rings. The lowest BCUT2D eigenvalue weighted by Crippen LogP contribution is -2.64. The number of benzene rings is 2. The molecule has 11 nitrogen and oxygen atoms in total. The number of aromatic nitrogens is 3. The number of phenolic OH excluding ortho intramolecular Hbond substituents is 1. The van der Waals surface area contributed by atoms with E-state index in [4.69, 9.17) is 31.8 Å². The van der Waals surface area contributed by atoms with E-state index in [1.165, 1.54) is 31.4 Å². The highest BCUT2D eigenvalue weighted by molar-refractivity contribution is 6.15. The van der Waals surface area contributed by atoms with Crippen molar-refractivity contribution in [1.82, 2.24) is 19.9 Å². The van der Waals surface area contributed by atoms with Crippen molar-refractivity contribution in [3.05, 3.63) is 42.0 Å². The maximum atomic E-state index is 17.2. The Morgan fingerprint density at radius 2 is 1.81 bits per heavy atom. The molecule has 2 aromatic carbocycles. The van der Waals surface area contributed by atoms with Gasteiger partial charge in [-0.05, 0) is 94.9 Å². The average molecular weight is 744 g/mol. The number of aliphatic hydroxyl groups is 1. The Kier molecular flexibility index (Phi) is 9.63. The van der Waals surface area contributed by atoms with Gasteiger partial charge in [0, 0.05) is 29.0 Å². The molecule has 3 saturated heterocycles. The van der Waals surface area contributed by atoms with Crippen LogP contribution >= 0.6 is 0 Å². The van der Waals surface area contributed by atoms with Gasteiger partial charge in [0.05, 0.1) is 53.5 Å². The van der Waals surface area contributed by atoms with Gasteiger partial charge in [-0.15, -0.1) is 0 Å². The van der Waals surface area contributed by atoms with Gasteiger partial charge < -0.3 is 39.0 Å². The number of likely N-dealkylation sites (tertiary alicyclic amines) is 1. The number of β-amino-alcohol motifs (C(OH)–C–C–N with tert-alkyl or cyclic N) is 1. The minimum atomic E-state index is -1.25. The first-order chi connectivity index (χ1) is 25.8. The first-order valence-electron chi connectivity index (χ1n) is 19.1. The number of phenols is 1. The van der Waals surface area contributed by atoms with E-state index >= 15 is 8.78 Å². The van der Waals surface area contributed by atoms with Gasteiger partial charge in [0.2, 0.25) is 5.88 Å². The predicted molar refractivity (Wildman–Crippen MR) is 201 cm³/mol. The number of methoxy groups -OCH3 is 1. The number of hydrogen-bond donors (Lipinski definition) is 2. The molecule has 2 aromatic heterocycles. The lowest BCUT2D eigenvalue weighted by Gasteiger charge is -2.57. The van der Waals surface area contributed by atoms with Crippen molar-refractivity contribution in [2.45, 2.75) is 95.0 Å². The lowest BCUT2D eigenvalue weighted by atomic mass is 9.63. The van der Waals surface area contributed by atoms with E-state index in [9.17, 15) is 10.2 Å². The second-order valence-electron chi connectivity index (χ2n) is 16.3. The van der Waals surface area contributed by atoms with Crippen molar-refractivity contribution in [2.75, 3.05) is 51.5 Å². The zero-order valence-electron chi connectivity index (χ0n) is 31.4. The number of aromatic hydroxyl groups is 1.